The minimum Gasteiger partial charge on any atom is -0.476 e. The summed E-state index contributed by atoms with van der Waals surface area (Å²) in [5.74, 6) is -2.22. The Hall–Kier alpha value is -2.13. The third-order valence-corrected chi connectivity index (χ3v) is 2.24. The lowest BCUT2D eigenvalue weighted by Crippen LogP contribution is -2.25. The molecule has 1 amide bonds. The molecule has 7 nitrogen and oxygen atoms in total. The van der Waals surface area contributed by atoms with E-state index in [2.05, 4.69) is 10.3 Å². The molecule has 19 heavy (non-hydrogen) atoms. The van der Waals surface area contributed by atoms with Crippen LogP contribution in [0.15, 0.2) is 0 Å². The van der Waals surface area contributed by atoms with E-state index >= 15 is 0 Å². The van der Waals surface area contributed by atoms with Crippen LogP contribution in [0.5, 0.6) is 0 Å². The number of hydrogen-bond donors (Lipinski definition) is 1. The molecule has 1 aromatic rings. The molecule has 0 bridgehead atoms. The SMILES string of the molecule is CN(C)C(=O)CCn1nnc(C(=O)O)c1C(F)(F)F. The predicted octanol–water partition coefficient (Wildman–Crippen LogP) is 0.473. The van der Waals surface area contributed by atoms with Crippen molar-refractivity contribution in [2.24, 2.45) is 0 Å². The van der Waals surface area contributed by atoms with Gasteiger partial charge in [-0.05, 0) is 0 Å². The third-order valence-electron chi connectivity index (χ3n) is 2.24. The number of halogens is 3. The molecule has 1 rings (SSSR count). The predicted molar refractivity (Wildman–Crippen MR) is 55.3 cm³/mol. The van der Waals surface area contributed by atoms with Crippen molar-refractivity contribution in [3.8, 4) is 0 Å². The number of rotatable bonds is 4. The van der Waals surface area contributed by atoms with Gasteiger partial charge in [0.15, 0.2) is 5.69 Å². The summed E-state index contributed by atoms with van der Waals surface area (Å²) >= 11 is 0. The lowest BCUT2D eigenvalue weighted by atomic mass is 10.3. The van der Waals surface area contributed by atoms with Crippen molar-refractivity contribution in [1.82, 2.24) is 19.9 Å². The van der Waals surface area contributed by atoms with Gasteiger partial charge in [-0.15, -0.1) is 5.10 Å². The topological polar surface area (TPSA) is 88.3 Å². The number of aromatic nitrogens is 3. The first kappa shape index (κ1) is 14.9. The lowest BCUT2D eigenvalue weighted by Gasteiger charge is -2.12. The monoisotopic (exact) mass is 280 g/mol. The minimum atomic E-state index is -4.90. The van der Waals surface area contributed by atoms with Crippen LogP contribution in [0.25, 0.3) is 0 Å². The van der Waals surface area contributed by atoms with Gasteiger partial charge in [0.1, 0.15) is 0 Å². The Labute approximate surface area is 105 Å². The van der Waals surface area contributed by atoms with Crippen LogP contribution >= 0.6 is 0 Å². The van der Waals surface area contributed by atoms with Crippen molar-refractivity contribution in [3.05, 3.63) is 11.4 Å². The summed E-state index contributed by atoms with van der Waals surface area (Å²) < 4.78 is 38.6. The Bertz CT molecular complexity index is 495. The van der Waals surface area contributed by atoms with E-state index in [0.29, 0.717) is 4.68 Å². The number of nitrogens with zero attached hydrogens (tertiary/aromatic N) is 4. The van der Waals surface area contributed by atoms with Crippen LogP contribution in [-0.2, 0) is 17.5 Å². The van der Waals surface area contributed by atoms with E-state index in [1.807, 2.05) is 0 Å². The average Bonchev–Trinajstić information content (AvgIpc) is 2.68. The molecule has 1 N–H and O–H groups in total. The number of carboxylic acids is 1. The smallest absolute Gasteiger partial charge is 0.435 e. The zero-order valence-corrected chi connectivity index (χ0v) is 10.1. The van der Waals surface area contributed by atoms with Crippen LogP contribution in [0.3, 0.4) is 0 Å². The Morgan fingerprint density at radius 1 is 1.37 bits per heavy atom. The van der Waals surface area contributed by atoms with Gasteiger partial charge in [-0.1, -0.05) is 5.21 Å². The van der Waals surface area contributed by atoms with Gasteiger partial charge in [-0.3, -0.25) is 4.79 Å². The molecule has 0 fully saturated rings. The molecule has 0 atom stereocenters. The molecule has 0 saturated carbocycles. The largest absolute Gasteiger partial charge is 0.476 e. The first-order valence-electron chi connectivity index (χ1n) is 5.08. The first-order chi connectivity index (χ1) is 8.64. The zero-order chi connectivity index (χ0) is 14.8. The van der Waals surface area contributed by atoms with Crippen LogP contribution in [0.4, 0.5) is 13.2 Å². The Morgan fingerprint density at radius 3 is 2.37 bits per heavy atom. The summed E-state index contributed by atoms with van der Waals surface area (Å²) in [5.41, 5.74) is -2.64. The summed E-state index contributed by atoms with van der Waals surface area (Å²) in [6, 6.07) is 0. The van der Waals surface area contributed by atoms with E-state index in [4.69, 9.17) is 5.11 Å². The number of amides is 1. The molecule has 0 unspecified atom stereocenters. The van der Waals surface area contributed by atoms with Crippen molar-refractivity contribution in [2.75, 3.05) is 14.1 Å². The highest BCUT2D eigenvalue weighted by molar-refractivity contribution is 5.86. The number of carboxylic acid groups (broad SMARTS) is 1. The first-order valence-corrected chi connectivity index (χ1v) is 5.08. The molecule has 106 valence electrons. The van der Waals surface area contributed by atoms with E-state index < -0.39 is 36.0 Å². The molecule has 1 heterocycles. The van der Waals surface area contributed by atoms with E-state index in [1.165, 1.54) is 19.0 Å². The van der Waals surface area contributed by atoms with Crippen molar-refractivity contribution in [3.63, 3.8) is 0 Å². The highest BCUT2D eigenvalue weighted by Gasteiger charge is 2.41. The van der Waals surface area contributed by atoms with Gasteiger partial charge in [0.25, 0.3) is 0 Å². The van der Waals surface area contributed by atoms with Crippen LogP contribution in [0.2, 0.25) is 0 Å². The molecular formula is C9H11F3N4O3. The third kappa shape index (κ3) is 3.42. The van der Waals surface area contributed by atoms with Gasteiger partial charge in [0, 0.05) is 20.5 Å². The number of carbonyl (C=O) groups excluding carboxylic acids is 1. The number of aryl methyl sites for hydroxylation is 1. The molecule has 0 aromatic carbocycles. The summed E-state index contributed by atoms with van der Waals surface area (Å²) in [7, 11) is 2.91. The second-order valence-corrected chi connectivity index (χ2v) is 3.85. The number of alkyl halides is 3. The highest BCUT2D eigenvalue weighted by Crippen LogP contribution is 2.31. The normalized spacial score (nSPS) is 11.4. The summed E-state index contributed by atoms with van der Waals surface area (Å²) in [5, 5.41) is 14.7. The molecule has 0 aliphatic heterocycles. The standard InChI is InChI=1S/C9H11F3N4O3/c1-15(2)5(17)3-4-16-7(9(10,11)12)6(8(18)19)13-14-16/h3-4H2,1-2H3,(H,18,19). The zero-order valence-electron chi connectivity index (χ0n) is 10.1. The fourth-order valence-electron chi connectivity index (χ4n) is 1.32. The van der Waals surface area contributed by atoms with Crippen molar-refractivity contribution < 1.29 is 27.9 Å². The van der Waals surface area contributed by atoms with Crippen LogP contribution in [-0.4, -0.2) is 51.0 Å². The Balaban J connectivity index is 3.02. The van der Waals surface area contributed by atoms with Gasteiger partial charge >= 0.3 is 12.1 Å². The van der Waals surface area contributed by atoms with Crippen molar-refractivity contribution in [2.45, 2.75) is 19.1 Å². The Kier molecular flexibility index (Phi) is 4.12. The van der Waals surface area contributed by atoms with Crippen LogP contribution < -0.4 is 0 Å². The fourth-order valence-corrected chi connectivity index (χ4v) is 1.32. The molecule has 0 aliphatic rings. The highest BCUT2D eigenvalue weighted by atomic mass is 19.4. The minimum absolute atomic E-state index is 0.238. The van der Waals surface area contributed by atoms with E-state index in [1.54, 1.807) is 0 Å². The number of hydrogen-bond acceptors (Lipinski definition) is 4. The number of carbonyl (C=O) groups is 2. The molecule has 0 radical (unpaired) electrons. The van der Waals surface area contributed by atoms with E-state index in [0.717, 1.165) is 0 Å². The molecule has 10 heteroatoms. The summed E-state index contributed by atoms with van der Waals surface area (Å²) in [6.45, 7) is -0.397. The maximum Gasteiger partial charge on any atom is 0.435 e. The molecular weight excluding hydrogens is 269 g/mol. The van der Waals surface area contributed by atoms with Crippen LogP contribution in [0, 0.1) is 0 Å². The Morgan fingerprint density at radius 2 is 1.95 bits per heavy atom. The summed E-state index contributed by atoms with van der Waals surface area (Å²) in [6.07, 6.45) is -5.14. The average molecular weight is 280 g/mol. The molecule has 1 aromatic heterocycles. The van der Waals surface area contributed by atoms with Crippen molar-refractivity contribution >= 4 is 11.9 Å². The van der Waals surface area contributed by atoms with Crippen molar-refractivity contribution in [1.29, 1.82) is 0 Å². The molecule has 0 spiro atoms. The van der Waals surface area contributed by atoms with Gasteiger partial charge < -0.3 is 10.0 Å². The molecule has 0 aliphatic carbocycles. The fraction of sp³-hybridized carbons (Fsp3) is 0.556. The maximum absolute atomic E-state index is 12.7. The second-order valence-electron chi connectivity index (χ2n) is 3.85. The second kappa shape index (κ2) is 5.24. The maximum atomic E-state index is 12.7. The lowest BCUT2D eigenvalue weighted by molar-refractivity contribution is -0.145. The van der Waals surface area contributed by atoms with Gasteiger partial charge in [0.05, 0.1) is 6.54 Å². The van der Waals surface area contributed by atoms with Gasteiger partial charge in [0.2, 0.25) is 11.6 Å². The van der Waals surface area contributed by atoms with E-state index in [9.17, 15) is 22.8 Å². The quantitative estimate of drug-likeness (QED) is 0.866. The number of aromatic carboxylic acids is 1. The molecule has 0 saturated heterocycles. The van der Waals surface area contributed by atoms with E-state index in [-0.39, 0.29) is 6.42 Å². The summed E-state index contributed by atoms with van der Waals surface area (Å²) in [4.78, 5) is 23.1. The van der Waals surface area contributed by atoms with Crippen LogP contribution in [0.1, 0.15) is 22.6 Å². The van der Waals surface area contributed by atoms with Gasteiger partial charge in [-0.2, -0.15) is 13.2 Å². The van der Waals surface area contributed by atoms with Gasteiger partial charge in [-0.25, -0.2) is 9.48 Å².